The Morgan fingerprint density at radius 1 is 1.30 bits per heavy atom. The monoisotopic (exact) mass is 379 g/mol. The molecule has 0 saturated heterocycles. The lowest BCUT2D eigenvalue weighted by Crippen LogP contribution is -2.10. The van der Waals surface area contributed by atoms with Crippen molar-refractivity contribution in [2.75, 3.05) is 11.9 Å². The molecule has 0 aliphatic carbocycles. The lowest BCUT2D eigenvalue weighted by molar-refractivity contribution is -0.137. The van der Waals surface area contributed by atoms with E-state index in [1.54, 1.807) is 12.3 Å². The van der Waals surface area contributed by atoms with Crippen LogP contribution < -0.4 is 10.6 Å². The molecule has 0 radical (unpaired) electrons. The van der Waals surface area contributed by atoms with Gasteiger partial charge in [-0.05, 0) is 18.1 Å². The quantitative estimate of drug-likeness (QED) is 0.496. The predicted octanol–water partition coefficient (Wildman–Crippen LogP) is 3.28. The molecule has 1 aliphatic rings. The first-order valence-corrected chi connectivity index (χ1v) is 9.18. The predicted molar refractivity (Wildman–Crippen MR) is 105 cm³/mol. The number of aliphatic carboxylic acids is 1. The molecule has 27 heavy (non-hydrogen) atoms. The fraction of sp³-hybridized carbons (Fsp3) is 0.158. The van der Waals surface area contributed by atoms with Crippen LogP contribution in [0.2, 0.25) is 0 Å². The zero-order valence-corrected chi connectivity index (χ0v) is 15.2. The first-order valence-electron chi connectivity index (χ1n) is 8.30. The number of benzene rings is 1. The highest BCUT2D eigenvalue weighted by Gasteiger charge is 2.18. The summed E-state index contributed by atoms with van der Waals surface area (Å²) in [6.45, 7) is 0.445. The van der Waals surface area contributed by atoms with Crippen LogP contribution in [0, 0.1) is 11.3 Å². The number of aromatic nitrogens is 2. The standard InChI is InChI=1S/C19H17N5O2S/c20-11-14(18-23-16(12-27-18)13-5-2-1-3-6-13)15-8-10-22-19(24-15)21-9-4-7-17(25)26/h1-3,5-6,8,10,12,23H,4,7,9H2,(H,25,26)(H,21,22,24). The average Bonchev–Trinajstić information content (AvgIpc) is 3.17. The van der Waals surface area contributed by atoms with Gasteiger partial charge < -0.3 is 15.7 Å². The molecule has 0 bridgehead atoms. The molecule has 3 rings (SSSR count). The molecule has 0 saturated carbocycles. The molecule has 0 atom stereocenters. The van der Waals surface area contributed by atoms with Crippen LogP contribution in [0.25, 0.3) is 11.3 Å². The zero-order valence-electron chi connectivity index (χ0n) is 14.3. The van der Waals surface area contributed by atoms with E-state index in [0.29, 0.717) is 35.2 Å². The van der Waals surface area contributed by atoms with Crippen molar-refractivity contribution in [3.05, 3.63) is 64.3 Å². The lowest BCUT2D eigenvalue weighted by Gasteiger charge is -2.09. The summed E-state index contributed by atoms with van der Waals surface area (Å²) in [6, 6.07) is 13.8. The van der Waals surface area contributed by atoms with Crippen molar-refractivity contribution >= 4 is 34.9 Å². The van der Waals surface area contributed by atoms with Gasteiger partial charge in [-0.15, -0.1) is 0 Å². The third-order valence-electron chi connectivity index (χ3n) is 3.73. The number of anilines is 1. The smallest absolute Gasteiger partial charge is 0.303 e. The first kappa shape index (κ1) is 18.5. The number of hydrogen-bond donors (Lipinski definition) is 3. The summed E-state index contributed by atoms with van der Waals surface area (Å²) in [4.78, 5) is 19.1. The summed E-state index contributed by atoms with van der Waals surface area (Å²) in [7, 11) is 0. The minimum atomic E-state index is -0.839. The van der Waals surface area contributed by atoms with Crippen molar-refractivity contribution in [1.29, 1.82) is 5.26 Å². The van der Waals surface area contributed by atoms with E-state index in [-0.39, 0.29) is 6.42 Å². The van der Waals surface area contributed by atoms with E-state index in [0.717, 1.165) is 11.3 Å². The molecule has 0 fully saturated rings. The van der Waals surface area contributed by atoms with Crippen molar-refractivity contribution in [3.63, 3.8) is 0 Å². The number of allylic oxidation sites excluding steroid dienone is 1. The number of hydrogen-bond acceptors (Lipinski definition) is 7. The van der Waals surface area contributed by atoms with Gasteiger partial charge in [0.2, 0.25) is 5.95 Å². The number of carbonyl (C=O) groups is 1. The van der Waals surface area contributed by atoms with Crippen LogP contribution in [0.5, 0.6) is 0 Å². The minimum Gasteiger partial charge on any atom is -0.481 e. The molecule has 2 aromatic rings. The second kappa shape index (κ2) is 8.87. The largest absolute Gasteiger partial charge is 0.481 e. The highest BCUT2D eigenvalue weighted by molar-refractivity contribution is 8.06. The van der Waals surface area contributed by atoms with Crippen molar-refractivity contribution in [3.8, 4) is 6.07 Å². The first-order chi connectivity index (χ1) is 13.2. The van der Waals surface area contributed by atoms with Gasteiger partial charge in [-0.25, -0.2) is 9.97 Å². The molecule has 2 heterocycles. The fourth-order valence-electron chi connectivity index (χ4n) is 2.43. The van der Waals surface area contributed by atoms with Crippen LogP contribution in [0.4, 0.5) is 5.95 Å². The Morgan fingerprint density at radius 2 is 2.11 bits per heavy atom. The minimum absolute atomic E-state index is 0.0781. The highest BCUT2D eigenvalue weighted by atomic mass is 32.2. The number of carboxylic acid groups (broad SMARTS) is 1. The molecule has 3 N–H and O–H groups in total. The van der Waals surface area contributed by atoms with Crippen molar-refractivity contribution in [2.45, 2.75) is 12.8 Å². The second-order valence-corrected chi connectivity index (χ2v) is 6.53. The molecule has 136 valence electrons. The SMILES string of the molecule is N#CC(=C1NC(c2ccccc2)=CS1)c1ccnc(NCCCC(=O)O)n1. The van der Waals surface area contributed by atoms with Gasteiger partial charge in [0, 0.05) is 24.6 Å². The summed E-state index contributed by atoms with van der Waals surface area (Å²) in [5, 5.41) is 27.2. The van der Waals surface area contributed by atoms with Crippen LogP contribution >= 0.6 is 11.8 Å². The topological polar surface area (TPSA) is 111 Å². The van der Waals surface area contributed by atoms with E-state index < -0.39 is 5.97 Å². The van der Waals surface area contributed by atoms with Gasteiger partial charge in [0.1, 0.15) is 11.6 Å². The van der Waals surface area contributed by atoms with Gasteiger partial charge in [0.05, 0.1) is 16.4 Å². The number of nitrogens with one attached hydrogen (secondary N) is 2. The zero-order chi connectivity index (χ0) is 19.1. The molecule has 8 heteroatoms. The summed E-state index contributed by atoms with van der Waals surface area (Å²) in [5.41, 5.74) is 2.91. The molecule has 1 aliphatic heterocycles. The van der Waals surface area contributed by atoms with E-state index >= 15 is 0 Å². The van der Waals surface area contributed by atoms with Crippen LogP contribution in [0.3, 0.4) is 0 Å². The van der Waals surface area contributed by atoms with Gasteiger partial charge in [0.25, 0.3) is 0 Å². The van der Waals surface area contributed by atoms with Crippen LogP contribution in [-0.4, -0.2) is 27.6 Å². The molecule has 1 aromatic heterocycles. The number of carboxylic acids is 1. The van der Waals surface area contributed by atoms with Crippen molar-refractivity contribution in [2.24, 2.45) is 0 Å². The second-order valence-electron chi connectivity index (χ2n) is 5.65. The summed E-state index contributed by atoms with van der Waals surface area (Å²) in [6.07, 6.45) is 2.12. The Bertz CT molecular complexity index is 935. The molecule has 0 amide bonds. The van der Waals surface area contributed by atoms with Crippen molar-refractivity contribution in [1.82, 2.24) is 15.3 Å². The van der Waals surface area contributed by atoms with E-state index in [9.17, 15) is 10.1 Å². The third-order valence-corrected chi connectivity index (χ3v) is 4.62. The normalized spacial score (nSPS) is 14.7. The van der Waals surface area contributed by atoms with Gasteiger partial charge in [-0.2, -0.15) is 5.26 Å². The van der Waals surface area contributed by atoms with Gasteiger partial charge in [0.15, 0.2) is 0 Å². The summed E-state index contributed by atoms with van der Waals surface area (Å²) in [5.74, 6) is -0.473. The van der Waals surface area contributed by atoms with Gasteiger partial charge in [-0.1, -0.05) is 42.1 Å². The summed E-state index contributed by atoms with van der Waals surface area (Å²) < 4.78 is 0. The molecule has 0 spiro atoms. The Hall–Kier alpha value is -3.31. The van der Waals surface area contributed by atoms with Gasteiger partial charge >= 0.3 is 5.97 Å². The summed E-state index contributed by atoms with van der Waals surface area (Å²) >= 11 is 1.44. The van der Waals surface area contributed by atoms with Crippen LogP contribution in [0.1, 0.15) is 24.1 Å². The van der Waals surface area contributed by atoms with E-state index in [1.165, 1.54) is 11.8 Å². The lowest BCUT2D eigenvalue weighted by atomic mass is 10.1. The van der Waals surface area contributed by atoms with Crippen LogP contribution in [0.15, 0.2) is 53.0 Å². The van der Waals surface area contributed by atoms with E-state index in [1.807, 2.05) is 35.7 Å². The fourth-order valence-corrected chi connectivity index (χ4v) is 3.29. The molecule has 0 unspecified atom stereocenters. The Balaban J connectivity index is 1.73. The Kier molecular flexibility index (Phi) is 6.07. The molecular formula is C19H17N5O2S. The maximum atomic E-state index is 10.6. The maximum absolute atomic E-state index is 10.6. The number of thioether (sulfide) groups is 1. The van der Waals surface area contributed by atoms with Crippen molar-refractivity contribution < 1.29 is 9.90 Å². The Labute approximate surface area is 160 Å². The highest BCUT2D eigenvalue weighted by Crippen LogP contribution is 2.34. The molecular weight excluding hydrogens is 362 g/mol. The van der Waals surface area contributed by atoms with Gasteiger partial charge in [-0.3, -0.25) is 4.79 Å². The van der Waals surface area contributed by atoms with Crippen LogP contribution in [-0.2, 0) is 4.79 Å². The maximum Gasteiger partial charge on any atom is 0.303 e. The number of nitriles is 1. The Morgan fingerprint density at radius 3 is 2.85 bits per heavy atom. The van der Waals surface area contributed by atoms with E-state index in [2.05, 4.69) is 26.7 Å². The average molecular weight is 379 g/mol. The number of rotatable bonds is 7. The molecule has 1 aromatic carbocycles. The molecule has 7 nitrogen and oxygen atoms in total. The number of nitrogens with zero attached hydrogens (tertiary/aromatic N) is 3. The third kappa shape index (κ3) is 4.86. The van der Waals surface area contributed by atoms with E-state index in [4.69, 9.17) is 5.11 Å².